The lowest BCUT2D eigenvalue weighted by Crippen LogP contribution is -2.59. The summed E-state index contributed by atoms with van der Waals surface area (Å²) in [6.45, 7) is 2.39. The van der Waals surface area contributed by atoms with Crippen LogP contribution >= 0.6 is 0 Å². The van der Waals surface area contributed by atoms with E-state index in [1.54, 1.807) is 0 Å². The molecular weight excluding hydrogens is 579 g/mol. The van der Waals surface area contributed by atoms with Gasteiger partial charge in [0.1, 0.15) is 0 Å². The van der Waals surface area contributed by atoms with Crippen LogP contribution < -0.4 is 16.4 Å². The molecule has 3 heteroatoms. The van der Waals surface area contributed by atoms with Gasteiger partial charge in [0.05, 0.1) is 22.1 Å². The first-order valence-corrected chi connectivity index (χ1v) is 17.0. The van der Waals surface area contributed by atoms with Crippen LogP contribution in [0.25, 0.3) is 98.8 Å². The van der Waals surface area contributed by atoms with Crippen molar-refractivity contribution in [3.8, 4) is 33.6 Å². The van der Waals surface area contributed by atoms with Crippen LogP contribution in [-0.2, 0) is 0 Å². The van der Waals surface area contributed by atoms with Gasteiger partial charge >= 0.3 is 0 Å². The molecule has 0 fully saturated rings. The molecule has 0 saturated heterocycles. The van der Waals surface area contributed by atoms with Crippen molar-refractivity contribution >= 4 is 88.3 Å². The quantitative estimate of drug-likeness (QED) is 0.153. The first-order chi connectivity index (χ1) is 23.8. The summed E-state index contributed by atoms with van der Waals surface area (Å²) in [5.74, 6) is 0. The van der Waals surface area contributed by atoms with Crippen LogP contribution in [0, 0.1) is 6.92 Å². The molecule has 0 amide bonds. The summed E-state index contributed by atoms with van der Waals surface area (Å²) in [5, 5.41) is 10.8. The Labute approximate surface area is 276 Å². The van der Waals surface area contributed by atoms with E-state index in [2.05, 4.69) is 150 Å². The molecule has 2 aliphatic heterocycles. The highest BCUT2D eigenvalue weighted by molar-refractivity contribution is 7.00. The predicted molar refractivity (Wildman–Crippen MR) is 204 cm³/mol. The molecule has 2 aromatic heterocycles. The molecule has 0 atom stereocenters. The van der Waals surface area contributed by atoms with Crippen molar-refractivity contribution in [3.63, 3.8) is 0 Å². The van der Waals surface area contributed by atoms with Crippen molar-refractivity contribution in [1.29, 1.82) is 0 Å². The molecule has 4 heterocycles. The predicted octanol–water partition coefficient (Wildman–Crippen LogP) is 9.29. The molecule has 218 valence electrons. The Bertz CT molecular complexity index is 3190. The fourth-order valence-corrected chi connectivity index (χ4v) is 10.2. The van der Waals surface area contributed by atoms with E-state index in [4.69, 9.17) is 0 Å². The lowest BCUT2D eigenvalue weighted by molar-refractivity contribution is 1.13. The largest absolute Gasteiger partial charge is 0.310 e. The maximum absolute atomic E-state index is 2.63. The zero-order valence-corrected chi connectivity index (χ0v) is 26.2. The molecule has 8 aromatic carbocycles. The molecule has 10 aromatic rings. The molecule has 48 heavy (non-hydrogen) atoms. The molecule has 0 bridgehead atoms. The SMILES string of the molecule is Cc1cc2c3c(c1)-n1c4ccccc4c4c5ccccc5cc(c41)B3c1ccc3c4c5c6c(cccc6ccc5n-2c14)-c1ccccc1-3. The van der Waals surface area contributed by atoms with Crippen molar-refractivity contribution < 1.29 is 0 Å². The second-order valence-electron chi connectivity index (χ2n) is 14.1. The van der Waals surface area contributed by atoms with Crippen molar-refractivity contribution in [2.24, 2.45) is 0 Å². The summed E-state index contributed by atoms with van der Waals surface area (Å²) in [6.07, 6.45) is 0. The van der Waals surface area contributed by atoms with Crippen LogP contribution in [0.4, 0.5) is 0 Å². The molecule has 2 nitrogen and oxygen atoms in total. The van der Waals surface area contributed by atoms with Crippen molar-refractivity contribution in [2.75, 3.05) is 0 Å². The van der Waals surface area contributed by atoms with Gasteiger partial charge in [-0.2, -0.15) is 0 Å². The highest BCUT2D eigenvalue weighted by Gasteiger charge is 2.42. The Morgan fingerprint density at radius 3 is 1.96 bits per heavy atom. The normalized spacial score (nSPS) is 13.5. The topological polar surface area (TPSA) is 9.86 Å². The van der Waals surface area contributed by atoms with E-state index in [1.807, 2.05) is 0 Å². The number of para-hydroxylation sites is 1. The van der Waals surface area contributed by atoms with Gasteiger partial charge in [0.2, 0.25) is 0 Å². The lowest BCUT2D eigenvalue weighted by Gasteiger charge is -2.34. The molecule has 0 unspecified atom stereocenters. The van der Waals surface area contributed by atoms with Crippen molar-refractivity contribution in [1.82, 2.24) is 9.13 Å². The van der Waals surface area contributed by atoms with E-state index < -0.39 is 0 Å². The minimum Gasteiger partial charge on any atom is -0.310 e. The number of fused-ring (bicyclic) bond motifs is 13. The fraction of sp³-hybridized carbons (Fsp3) is 0.0222. The summed E-state index contributed by atoms with van der Waals surface area (Å²) in [4.78, 5) is 0. The van der Waals surface area contributed by atoms with Crippen LogP contribution in [0.1, 0.15) is 5.56 Å². The molecule has 0 saturated carbocycles. The third-order valence-corrected chi connectivity index (χ3v) is 11.8. The van der Waals surface area contributed by atoms with Gasteiger partial charge < -0.3 is 9.13 Å². The van der Waals surface area contributed by atoms with Crippen LogP contribution in [0.5, 0.6) is 0 Å². The number of hydrogen-bond donors (Lipinski definition) is 0. The van der Waals surface area contributed by atoms with Gasteiger partial charge in [-0.1, -0.05) is 109 Å². The van der Waals surface area contributed by atoms with E-state index in [0.29, 0.717) is 0 Å². The molecule has 3 aliphatic rings. The number of nitrogens with zero attached hydrogens (tertiary/aromatic N) is 2. The number of aromatic nitrogens is 2. The zero-order valence-electron chi connectivity index (χ0n) is 26.2. The Kier molecular flexibility index (Phi) is 3.98. The molecule has 0 spiro atoms. The molecular formula is C45H25BN2. The van der Waals surface area contributed by atoms with Crippen LogP contribution in [-0.4, -0.2) is 15.8 Å². The number of rotatable bonds is 0. The zero-order chi connectivity index (χ0) is 31.0. The number of benzene rings is 8. The van der Waals surface area contributed by atoms with Gasteiger partial charge in [0.25, 0.3) is 6.71 Å². The summed E-state index contributed by atoms with van der Waals surface area (Å²) < 4.78 is 5.22. The third-order valence-electron chi connectivity index (χ3n) is 11.8. The maximum Gasteiger partial charge on any atom is 0.252 e. The van der Waals surface area contributed by atoms with Gasteiger partial charge in [0.15, 0.2) is 0 Å². The van der Waals surface area contributed by atoms with Crippen molar-refractivity contribution in [2.45, 2.75) is 6.92 Å². The van der Waals surface area contributed by atoms with Gasteiger partial charge in [-0.05, 0) is 96.9 Å². The standard InChI is InChI=1S/C45H25BN2/c1-24-21-37-43-38(22-24)48-36-20-17-25-10-8-15-30-28-12-4-5-13-29(28)31-18-19-33(44(48)41(31)42(36)39(25)30)46(43)34-23-26-9-2-3-11-27(26)40-32-14-6-7-16-35(32)47(37)45(34)40/h2-23H,1H3. The lowest BCUT2D eigenvalue weighted by atomic mass is 9.34. The molecule has 1 aliphatic carbocycles. The molecule has 0 radical (unpaired) electrons. The molecule has 0 N–H and O–H groups in total. The monoisotopic (exact) mass is 604 g/mol. The van der Waals surface area contributed by atoms with E-state index >= 15 is 0 Å². The summed E-state index contributed by atoms with van der Waals surface area (Å²) in [7, 11) is 0. The average Bonchev–Trinajstić information content (AvgIpc) is 3.63. The third kappa shape index (κ3) is 2.52. The van der Waals surface area contributed by atoms with E-state index in [1.165, 1.54) is 121 Å². The molecule has 13 rings (SSSR count). The summed E-state index contributed by atoms with van der Waals surface area (Å²) in [5.41, 5.74) is 18.7. The Balaban J connectivity index is 1.32. The smallest absolute Gasteiger partial charge is 0.252 e. The maximum atomic E-state index is 2.63. The highest BCUT2D eigenvalue weighted by Crippen LogP contribution is 2.50. The Morgan fingerprint density at radius 1 is 0.438 bits per heavy atom. The minimum atomic E-state index is 0.120. The Hall–Kier alpha value is -6.06. The summed E-state index contributed by atoms with van der Waals surface area (Å²) >= 11 is 0. The fourth-order valence-electron chi connectivity index (χ4n) is 10.2. The first-order valence-electron chi connectivity index (χ1n) is 17.0. The second kappa shape index (κ2) is 7.90. The number of hydrogen-bond acceptors (Lipinski definition) is 0. The first kappa shape index (κ1) is 24.2. The van der Waals surface area contributed by atoms with Crippen molar-refractivity contribution in [3.05, 3.63) is 139 Å². The van der Waals surface area contributed by atoms with Crippen LogP contribution in [0.15, 0.2) is 133 Å². The highest BCUT2D eigenvalue weighted by atomic mass is 15.0. The van der Waals surface area contributed by atoms with E-state index in [9.17, 15) is 0 Å². The van der Waals surface area contributed by atoms with Gasteiger partial charge in [-0.15, -0.1) is 0 Å². The van der Waals surface area contributed by atoms with Gasteiger partial charge in [-0.3, -0.25) is 0 Å². The van der Waals surface area contributed by atoms with Gasteiger partial charge in [0, 0.05) is 32.9 Å². The van der Waals surface area contributed by atoms with Gasteiger partial charge in [-0.25, -0.2) is 0 Å². The average molecular weight is 605 g/mol. The summed E-state index contributed by atoms with van der Waals surface area (Å²) in [6, 6.07) is 50.9. The van der Waals surface area contributed by atoms with E-state index in [-0.39, 0.29) is 6.71 Å². The van der Waals surface area contributed by atoms with E-state index in [0.717, 1.165) is 0 Å². The minimum absolute atomic E-state index is 0.120. The van der Waals surface area contributed by atoms with Crippen LogP contribution in [0.3, 0.4) is 0 Å². The number of aryl methyl sites for hydroxylation is 1. The van der Waals surface area contributed by atoms with Crippen LogP contribution in [0.2, 0.25) is 0 Å². The second-order valence-corrected chi connectivity index (χ2v) is 14.1. The Morgan fingerprint density at radius 2 is 1.10 bits per heavy atom.